The van der Waals surface area contributed by atoms with Crippen LogP contribution in [0.5, 0.6) is 0 Å². The fourth-order valence-electron chi connectivity index (χ4n) is 3.77. The minimum absolute atomic E-state index is 0.0214. The molecule has 1 heterocycles. The van der Waals surface area contributed by atoms with Crippen LogP contribution in [-0.2, 0) is 9.59 Å². The molecule has 4 heteroatoms. The molecule has 23 heavy (non-hydrogen) atoms. The third-order valence-electron chi connectivity index (χ3n) is 5.13. The lowest BCUT2D eigenvalue weighted by Gasteiger charge is -2.21. The van der Waals surface area contributed by atoms with E-state index in [0.29, 0.717) is 13.0 Å². The number of carbonyl (C=O) groups is 2. The Morgan fingerprint density at radius 2 is 1.87 bits per heavy atom. The van der Waals surface area contributed by atoms with Crippen LogP contribution in [0.1, 0.15) is 30.7 Å². The maximum Gasteiger partial charge on any atom is 0.326 e. The first-order valence-corrected chi connectivity index (χ1v) is 8.17. The summed E-state index contributed by atoms with van der Waals surface area (Å²) < 4.78 is 0. The highest BCUT2D eigenvalue weighted by atomic mass is 16.4. The molecular weight excluding hydrogens is 290 g/mol. The number of carbonyl (C=O) groups excluding carboxylic acids is 1. The highest BCUT2D eigenvalue weighted by Gasteiger charge is 2.48. The fraction of sp³-hybridized carbons (Fsp3) is 0.368. The number of benzene rings is 2. The van der Waals surface area contributed by atoms with Gasteiger partial charge in [-0.25, -0.2) is 4.79 Å². The van der Waals surface area contributed by atoms with E-state index in [9.17, 15) is 14.7 Å². The molecule has 2 aromatic rings. The molecule has 1 aliphatic carbocycles. The number of carboxylic acid groups (broad SMARTS) is 1. The second-order valence-corrected chi connectivity index (χ2v) is 6.58. The van der Waals surface area contributed by atoms with Crippen LogP contribution in [0.15, 0.2) is 42.5 Å². The van der Waals surface area contributed by atoms with Gasteiger partial charge in [-0.1, -0.05) is 42.5 Å². The van der Waals surface area contributed by atoms with Crippen molar-refractivity contribution in [2.24, 2.45) is 5.92 Å². The van der Waals surface area contributed by atoms with Crippen molar-refractivity contribution in [2.45, 2.75) is 31.2 Å². The van der Waals surface area contributed by atoms with Gasteiger partial charge in [0.05, 0.1) is 0 Å². The van der Waals surface area contributed by atoms with Gasteiger partial charge >= 0.3 is 5.97 Å². The van der Waals surface area contributed by atoms with E-state index in [1.807, 2.05) is 12.1 Å². The SMILES string of the molecule is O=C(O)[C@@H]1CCCN1C(=O)C1CC1c1ccc2ccccc2c1. The van der Waals surface area contributed by atoms with Crippen molar-refractivity contribution >= 4 is 22.6 Å². The summed E-state index contributed by atoms with van der Waals surface area (Å²) in [7, 11) is 0. The summed E-state index contributed by atoms with van der Waals surface area (Å²) >= 11 is 0. The highest BCUT2D eigenvalue weighted by molar-refractivity contribution is 5.89. The van der Waals surface area contributed by atoms with E-state index >= 15 is 0 Å². The van der Waals surface area contributed by atoms with E-state index in [1.165, 1.54) is 16.3 Å². The molecule has 1 N–H and O–H groups in total. The van der Waals surface area contributed by atoms with Crippen molar-refractivity contribution in [2.75, 3.05) is 6.54 Å². The number of hydrogen-bond donors (Lipinski definition) is 1. The second kappa shape index (κ2) is 5.37. The van der Waals surface area contributed by atoms with Crippen molar-refractivity contribution in [3.05, 3.63) is 48.0 Å². The summed E-state index contributed by atoms with van der Waals surface area (Å²) in [5.74, 6) is -0.662. The molecule has 1 amide bonds. The first-order chi connectivity index (χ1) is 11.1. The largest absolute Gasteiger partial charge is 0.480 e. The molecule has 0 radical (unpaired) electrons. The molecule has 4 nitrogen and oxygen atoms in total. The van der Waals surface area contributed by atoms with Crippen LogP contribution in [0.3, 0.4) is 0 Å². The van der Waals surface area contributed by atoms with Gasteiger partial charge in [-0.15, -0.1) is 0 Å². The molecule has 2 fully saturated rings. The van der Waals surface area contributed by atoms with Gasteiger partial charge in [0.1, 0.15) is 6.04 Å². The van der Waals surface area contributed by atoms with E-state index in [1.54, 1.807) is 4.90 Å². The molecule has 0 aromatic heterocycles. The molecule has 2 aliphatic rings. The van der Waals surface area contributed by atoms with Gasteiger partial charge in [0.2, 0.25) is 5.91 Å². The zero-order valence-electron chi connectivity index (χ0n) is 12.8. The predicted octanol–water partition coefficient (Wildman–Crippen LogP) is 3.02. The minimum atomic E-state index is -0.876. The molecule has 118 valence electrons. The topological polar surface area (TPSA) is 57.6 Å². The van der Waals surface area contributed by atoms with Crippen molar-refractivity contribution < 1.29 is 14.7 Å². The van der Waals surface area contributed by atoms with Gasteiger partial charge in [0.25, 0.3) is 0 Å². The quantitative estimate of drug-likeness (QED) is 0.948. The molecule has 3 atom stereocenters. The average Bonchev–Trinajstić information content (AvgIpc) is 3.21. The number of likely N-dealkylation sites (tertiary alicyclic amines) is 1. The lowest BCUT2D eigenvalue weighted by Crippen LogP contribution is -2.41. The standard InChI is InChI=1S/C19H19NO3/c21-18(20-9-3-6-17(20)19(22)23)16-11-15(16)14-8-7-12-4-1-2-5-13(12)10-14/h1-2,4-5,7-8,10,15-17H,3,6,9,11H2,(H,22,23)/t15?,16?,17-/m0/s1. The third kappa shape index (κ3) is 2.48. The van der Waals surface area contributed by atoms with Gasteiger partial charge in [-0.05, 0) is 41.5 Å². The van der Waals surface area contributed by atoms with E-state index in [2.05, 4.69) is 30.3 Å². The number of hydrogen-bond acceptors (Lipinski definition) is 2. The minimum Gasteiger partial charge on any atom is -0.480 e. The Labute approximate surface area is 134 Å². The van der Waals surface area contributed by atoms with Gasteiger partial charge in [-0.3, -0.25) is 4.79 Å². The Hall–Kier alpha value is -2.36. The number of nitrogens with zero attached hydrogens (tertiary/aromatic N) is 1. The summed E-state index contributed by atoms with van der Waals surface area (Å²) in [5.41, 5.74) is 1.19. The zero-order chi connectivity index (χ0) is 16.0. The van der Waals surface area contributed by atoms with E-state index < -0.39 is 12.0 Å². The molecule has 4 rings (SSSR count). The average molecular weight is 309 g/mol. The third-order valence-corrected chi connectivity index (χ3v) is 5.13. The Kier molecular flexibility index (Phi) is 3.33. The van der Waals surface area contributed by atoms with Crippen molar-refractivity contribution in [1.82, 2.24) is 4.90 Å². The maximum atomic E-state index is 12.6. The monoisotopic (exact) mass is 309 g/mol. The fourth-order valence-corrected chi connectivity index (χ4v) is 3.77. The van der Waals surface area contributed by atoms with E-state index in [-0.39, 0.29) is 17.7 Å². The highest BCUT2D eigenvalue weighted by Crippen LogP contribution is 2.49. The van der Waals surface area contributed by atoms with Crippen LogP contribution in [0.2, 0.25) is 0 Å². The Morgan fingerprint density at radius 1 is 1.09 bits per heavy atom. The zero-order valence-corrected chi connectivity index (χ0v) is 12.8. The molecule has 1 saturated heterocycles. The van der Waals surface area contributed by atoms with Gasteiger partial charge < -0.3 is 10.0 Å². The summed E-state index contributed by atoms with van der Waals surface area (Å²) in [6.45, 7) is 0.580. The molecule has 1 aliphatic heterocycles. The Balaban J connectivity index is 1.52. The predicted molar refractivity (Wildman–Crippen MR) is 87.2 cm³/mol. The normalized spacial score (nSPS) is 26.4. The lowest BCUT2D eigenvalue weighted by molar-refractivity contribution is -0.148. The molecule has 2 unspecified atom stereocenters. The van der Waals surface area contributed by atoms with Gasteiger partial charge in [-0.2, -0.15) is 0 Å². The van der Waals surface area contributed by atoms with Crippen molar-refractivity contribution in [3.8, 4) is 0 Å². The molecule has 1 saturated carbocycles. The number of aliphatic carboxylic acids is 1. The van der Waals surface area contributed by atoms with Crippen LogP contribution < -0.4 is 0 Å². The van der Waals surface area contributed by atoms with E-state index in [4.69, 9.17) is 0 Å². The lowest BCUT2D eigenvalue weighted by atomic mass is 10.0. The van der Waals surface area contributed by atoms with Crippen LogP contribution in [-0.4, -0.2) is 34.5 Å². The summed E-state index contributed by atoms with van der Waals surface area (Å²) in [4.78, 5) is 25.5. The first kappa shape index (κ1) is 14.2. The summed E-state index contributed by atoms with van der Waals surface area (Å²) in [6.07, 6.45) is 2.20. The summed E-state index contributed by atoms with van der Waals surface area (Å²) in [6, 6.07) is 13.9. The van der Waals surface area contributed by atoms with Crippen molar-refractivity contribution in [1.29, 1.82) is 0 Å². The van der Waals surface area contributed by atoms with Crippen LogP contribution in [0.25, 0.3) is 10.8 Å². The Bertz CT molecular complexity index is 785. The first-order valence-electron chi connectivity index (χ1n) is 8.17. The smallest absolute Gasteiger partial charge is 0.326 e. The molecule has 0 spiro atoms. The molecular formula is C19H19NO3. The summed E-state index contributed by atoms with van der Waals surface area (Å²) in [5, 5.41) is 11.6. The van der Waals surface area contributed by atoms with Gasteiger partial charge in [0, 0.05) is 12.5 Å². The van der Waals surface area contributed by atoms with Crippen LogP contribution in [0, 0.1) is 5.92 Å². The van der Waals surface area contributed by atoms with Crippen LogP contribution in [0.4, 0.5) is 0 Å². The second-order valence-electron chi connectivity index (χ2n) is 6.58. The number of amides is 1. The Morgan fingerprint density at radius 3 is 2.65 bits per heavy atom. The van der Waals surface area contributed by atoms with Gasteiger partial charge in [0.15, 0.2) is 0 Å². The van der Waals surface area contributed by atoms with E-state index in [0.717, 1.165) is 12.8 Å². The maximum absolute atomic E-state index is 12.6. The van der Waals surface area contributed by atoms with Crippen LogP contribution >= 0.6 is 0 Å². The number of fused-ring (bicyclic) bond motifs is 1. The number of carboxylic acids is 1. The van der Waals surface area contributed by atoms with Crippen molar-refractivity contribution in [3.63, 3.8) is 0 Å². The molecule has 0 bridgehead atoms. The number of rotatable bonds is 3. The molecule has 2 aromatic carbocycles.